The van der Waals surface area contributed by atoms with Gasteiger partial charge in [0.25, 0.3) is 0 Å². The van der Waals surface area contributed by atoms with E-state index in [2.05, 4.69) is 15.9 Å². The summed E-state index contributed by atoms with van der Waals surface area (Å²) in [6.07, 6.45) is -2.02. The van der Waals surface area contributed by atoms with Crippen LogP contribution in [-0.2, 0) is 0 Å². The average molecular weight is 334 g/mol. The lowest BCUT2D eigenvalue weighted by molar-refractivity contribution is -0.0298. The maximum atomic E-state index is 12.6. The Hall–Kier alpha value is -0.0700. The maximum absolute atomic E-state index is 12.6. The van der Waals surface area contributed by atoms with Crippen molar-refractivity contribution >= 4 is 31.9 Å². The zero-order chi connectivity index (χ0) is 10.9. The van der Waals surface area contributed by atoms with Gasteiger partial charge in [-0.1, -0.05) is 22.0 Å². The number of aliphatic hydroxyl groups excluding tert-OH is 1. The largest absolute Gasteiger partial charge is 0.381 e. The minimum Gasteiger partial charge on any atom is -0.381 e. The van der Waals surface area contributed by atoms with Gasteiger partial charge in [0.15, 0.2) is 6.10 Å². The van der Waals surface area contributed by atoms with E-state index in [4.69, 9.17) is 0 Å². The van der Waals surface area contributed by atoms with Gasteiger partial charge in [0, 0.05) is 10.0 Å². The van der Waals surface area contributed by atoms with Crippen molar-refractivity contribution in [2.75, 3.05) is 0 Å². The monoisotopic (exact) mass is 332 g/mol. The number of benzene rings is 1. The third-order valence-corrected chi connectivity index (χ3v) is 2.69. The van der Waals surface area contributed by atoms with E-state index in [9.17, 15) is 18.3 Å². The molecule has 0 aliphatic rings. The molecule has 1 atom stereocenters. The third kappa shape index (κ3) is 2.71. The Morgan fingerprint density at radius 1 is 1.36 bits per heavy atom. The highest BCUT2D eigenvalue weighted by molar-refractivity contribution is 9.10. The molecule has 0 aromatic heterocycles. The summed E-state index contributed by atoms with van der Waals surface area (Å²) in [5, 5.41) is 9.18. The SMILES string of the molecule is OC(c1ccc(F)cc1Br)C(F)(F)Br. The van der Waals surface area contributed by atoms with Crippen molar-refractivity contribution in [1.82, 2.24) is 0 Å². The summed E-state index contributed by atoms with van der Waals surface area (Å²) < 4.78 is 38.0. The number of hydrogen-bond acceptors (Lipinski definition) is 1. The lowest BCUT2D eigenvalue weighted by Gasteiger charge is -2.17. The molecule has 1 N–H and O–H groups in total. The number of aliphatic hydroxyl groups is 1. The molecule has 1 aromatic carbocycles. The first-order valence-corrected chi connectivity index (χ1v) is 5.10. The van der Waals surface area contributed by atoms with E-state index < -0.39 is 16.8 Å². The van der Waals surface area contributed by atoms with E-state index >= 15 is 0 Å². The molecular formula is C8H5Br2F3O. The standard InChI is InChI=1S/C8H5Br2F3O/c9-6-3-4(11)1-2-5(6)7(14)8(10,12)13/h1-3,7,14H. The summed E-state index contributed by atoms with van der Waals surface area (Å²) >= 11 is 4.92. The molecule has 1 aromatic rings. The van der Waals surface area contributed by atoms with Gasteiger partial charge in [-0.25, -0.2) is 4.39 Å². The van der Waals surface area contributed by atoms with Crippen LogP contribution in [0.15, 0.2) is 22.7 Å². The Labute approximate surface area is 95.2 Å². The molecule has 0 amide bonds. The van der Waals surface area contributed by atoms with Crippen LogP contribution in [0.4, 0.5) is 13.2 Å². The average Bonchev–Trinajstić information content (AvgIpc) is 2.01. The van der Waals surface area contributed by atoms with Crippen LogP contribution in [0.5, 0.6) is 0 Å². The fraction of sp³-hybridized carbons (Fsp3) is 0.250. The molecule has 6 heteroatoms. The van der Waals surface area contributed by atoms with Gasteiger partial charge in [-0.2, -0.15) is 8.78 Å². The fourth-order valence-corrected chi connectivity index (χ4v) is 1.71. The maximum Gasteiger partial charge on any atom is 0.330 e. The number of alkyl halides is 3. The van der Waals surface area contributed by atoms with E-state index in [0.29, 0.717) is 0 Å². The Bertz CT molecular complexity index is 338. The molecule has 1 unspecified atom stereocenters. The highest BCUT2D eigenvalue weighted by Gasteiger charge is 2.37. The van der Waals surface area contributed by atoms with Crippen LogP contribution >= 0.6 is 31.9 Å². The molecule has 0 heterocycles. The first kappa shape index (κ1) is 12.0. The summed E-state index contributed by atoms with van der Waals surface area (Å²) in [7, 11) is 0. The lowest BCUT2D eigenvalue weighted by Crippen LogP contribution is -2.18. The molecule has 14 heavy (non-hydrogen) atoms. The highest BCUT2D eigenvalue weighted by Crippen LogP contribution is 2.39. The van der Waals surface area contributed by atoms with E-state index in [1.54, 1.807) is 0 Å². The van der Waals surface area contributed by atoms with Gasteiger partial charge in [-0.15, -0.1) is 0 Å². The Morgan fingerprint density at radius 3 is 2.36 bits per heavy atom. The molecule has 1 rings (SSSR count). The van der Waals surface area contributed by atoms with Gasteiger partial charge in [-0.3, -0.25) is 0 Å². The molecule has 0 aliphatic carbocycles. The zero-order valence-corrected chi connectivity index (χ0v) is 9.82. The van der Waals surface area contributed by atoms with Crippen molar-refractivity contribution in [3.05, 3.63) is 34.1 Å². The molecule has 0 saturated carbocycles. The lowest BCUT2D eigenvalue weighted by atomic mass is 10.1. The van der Waals surface area contributed by atoms with Gasteiger partial charge in [0.1, 0.15) is 5.82 Å². The van der Waals surface area contributed by atoms with E-state index in [-0.39, 0.29) is 10.0 Å². The molecule has 0 fully saturated rings. The van der Waals surface area contributed by atoms with Crippen molar-refractivity contribution in [3.8, 4) is 0 Å². The van der Waals surface area contributed by atoms with Crippen LogP contribution in [0.25, 0.3) is 0 Å². The Morgan fingerprint density at radius 2 is 1.93 bits per heavy atom. The van der Waals surface area contributed by atoms with E-state index in [1.165, 1.54) is 0 Å². The minimum atomic E-state index is -3.44. The molecule has 0 saturated heterocycles. The van der Waals surface area contributed by atoms with Crippen LogP contribution in [0.3, 0.4) is 0 Å². The predicted octanol–water partition coefficient (Wildman–Crippen LogP) is 3.61. The van der Waals surface area contributed by atoms with Crippen molar-refractivity contribution in [1.29, 1.82) is 0 Å². The minimum absolute atomic E-state index is 0.0757. The topological polar surface area (TPSA) is 20.2 Å². The molecule has 0 radical (unpaired) electrons. The van der Waals surface area contributed by atoms with Gasteiger partial charge in [0.05, 0.1) is 0 Å². The van der Waals surface area contributed by atoms with Crippen LogP contribution in [0.2, 0.25) is 0 Å². The molecule has 1 nitrogen and oxygen atoms in total. The summed E-state index contributed by atoms with van der Waals surface area (Å²) in [6, 6.07) is 3.11. The predicted molar refractivity (Wildman–Crippen MR) is 52.9 cm³/mol. The van der Waals surface area contributed by atoms with Gasteiger partial charge >= 0.3 is 4.83 Å². The second-order valence-corrected chi connectivity index (χ2v) is 4.52. The smallest absolute Gasteiger partial charge is 0.330 e. The van der Waals surface area contributed by atoms with Gasteiger partial charge in [0.2, 0.25) is 0 Å². The molecular weight excluding hydrogens is 329 g/mol. The van der Waals surface area contributed by atoms with Gasteiger partial charge < -0.3 is 5.11 Å². The summed E-state index contributed by atoms with van der Waals surface area (Å²) in [4.78, 5) is -3.44. The van der Waals surface area contributed by atoms with Crippen LogP contribution in [0.1, 0.15) is 11.7 Å². The van der Waals surface area contributed by atoms with Gasteiger partial charge in [-0.05, 0) is 28.1 Å². The van der Waals surface area contributed by atoms with Crippen molar-refractivity contribution < 1.29 is 18.3 Å². The zero-order valence-electron chi connectivity index (χ0n) is 6.65. The van der Waals surface area contributed by atoms with E-state index in [1.807, 2.05) is 15.9 Å². The summed E-state index contributed by atoms with van der Waals surface area (Å²) in [5.74, 6) is -0.564. The van der Waals surface area contributed by atoms with Crippen molar-refractivity contribution in [2.45, 2.75) is 10.9 Å². The molecule has 0 bridgehead atoms. The molecule has 78 valence electrons. The number of hydrogen-bond donors (Lipinski definition) is 1. The Balaban J connectivity index is 3.08. The quantitative estimate of drug-likeness (QED) is 0.820. The van der Waals surface area contributed by atoms with Crippen molar-refractivity contribution in [2.24, 2.45) is 0 Å². The second-order valence-electron chi connectivity index (χ2n) is 2.61. The fourth-order valence-electron chi connectivity index (χ4n) is 0.900. The second kappa shape index (κ2) is 4.20. The Kier molecular flexibility index (Phi) is 3.60. The molecule has 0 spiro atoms. The third-order valence-electron chi connectivity index (χ3n) is 1.57. The van der Waals surface area contributed by atoms with Crippen molar-refractivity contribution in [3.63, 3.8) is 0 Å². The first-order valence-electron chi connectivity index (χ1n) is 3.52. The normalized spacial score (nSPS) is 14.1. The number of rotatable bonds is 2. The summed E-state index contributed by atoms with van der Waals surface area (Å²) in [6.45, 7) is 0. The highest BCUT2D eigenvalue weighted by atomic mass is 79.9. The number of halogens is 5. The van der Waals surface area contributed by atoms with Crippen LogP contribution < -0.4 is 0 Å². The van der Waals surface area contributed by atoms with Crippen LogP contribution in [-0.4, -0.2) is 9.94 Å². The summed E-state index contributed by atoms with van der Waals surface area (Å²) in [5.41, 5.74) is -0.0757. The molecule has 0 aliphatic heterocycles. The van der Waals surface area contributed by atoms with Crippen LogP contribution in [0, 0.1) is 5.82 Å². The van der Waals surface area contributed by atoms with E-state index in [0.717, 1.165) is 18.2 Å². The first-order chi connectivity index (χ1) is 6.32.